The second-order valence-corrected chi connectivity index (χ2v) is 6.04. The van der Waals surface area contributed by atoms with Crippen LogP contribution in [0.1, 0.15) is 25.8 Å². The zero-order chi connectivity index (χ0) is 12.5. The average Bonchev–Trinajstić information content (AvgIpc) is 2.60. The molecule has 1 aromatic carbocycles. The van der Waals surface area contributed by atoms with Crippen molar-refractivity contribution in [2.24, 2.45) is 0 Å². The molecule has 1 saturated heterocycles. The van der Waals surface area contributed by atoms with Crippen molar-refractivity contribution in [1.29, 1.82) is 0 Å². The Bertz CT molecular complexity index is 406. The summed E-state index contributed by atoms with van der Waals surface area (Å²) >= 11 is 3.40. The molecule has 0 radical (unpaired) electrons. The maximum atomic E-state index is 9.72. The van der Waals surface area contributed by atoms with E-state index in [1.54, 1.807) is 6.07 Å². The van der Waals surface area contributed by atoms with E-state index in [0.29, 0.717) is 18.3 Å². The predicted molar refractivity (Wildman–Crippen MR) is 71.1 cm³/mol. The topological polar surface area (TPSA) is 41.5 Å². The number of phenolic OH excluding ortho intramolecular Hbond substituents is 1. The molecule has 0 saturated carbocycles. The van der Waals surface area contributed by atoms with Crippen LogP contribution in [0.3, 0.4) is 0 Å². The summed E-state index contributed by atoms with van der Waals surface area (Å²) in [5.41, 5.74) is 0.876. The van der Waals surface area contributed by atoms with Gasteiger partial charge in [0.15, 0.2) is 0 Å². The van der Waals surface area contributed by atoms with Gasteiger partial charge in [0.2, 0.25) is 0 Å². The van der Waals surface area contributed by atoms with Crippen LogP contribution >= 0.6 is 15.9 Å². The van der Waals surface area contributed by atoms with Crippen molar-refractivity contribution in [3.8, 4) is 5.75 Å². The van der Waals surface area contributed by atoms with E-state index >= 15 is 0 Å². The van der Waals surface area contributed by atoms with Gasteiger partial charge in [-0.15, -0.1) is 0 Å². The SMILES string of the molecule is CC1(C)CC(NCc2cc(Br)ccc2O)CO1. The molecule has 1 aliphatic rings. The van der Waals surface area contributed by atoms with Crippen molar-refractivity contribution in [3.63, 3.8) is 0 Å². The second-order valence-electron chi connectivity index (χ2n) is 5.13. The van der Waals surface area contributed by atoms with Crippen molar-refractivity contribution < 1.29 is 9.84 Å². The van der Waals surface area contributed by atoms with Crippen LogP contribution < -0.4 is 5.32 Å². The van der Waals surface area contributed by atoms with Crippen LogP contribution in [0.25, 0.3) is 0 Å². The maximum Gasteiger partial charge on any atom is 0.120 e. The minimum Gasteiger partial charge on any atom is -0.508 e. The lowest BCUT2D eigenvalue weighted by molar-refractivity contribution is 0.0357. The Morgan fingerprint density at radius 3 is 2.94 bits per heavy atom. The van der Waals surface area contributed by atoms with Gasteiger partial charge in [0.1, 0.15) is 5.75 Å². The van der Waals surface area contributed by atoms with Gasteiger partial charge in [-0.3, -0.25) is 0 Å². The molecule has 0 bridgehead atoms. The molecule has 0 spiro atoms. The monoisotopic (exact) mass is 299 g/mol. The Hall–Kier alpha value is -0.580. The number of nitrogens with one attached hydrogen (secondary N) is 1. The van der Waals surface area contributed by atoms with E-state index in [4.69, 9.17) is 4.74 Å². The van der Waals surface area contributed by atoms with E-state index in [-0.39, 0.29) is 5.60 Å². The Morgan fingerprint density at radius 1 is 1.53 bits per heavy atom. The molecule has 0 aromatic heterocycles. The van der Waals surface area contributed by atoms with Crippen molar-refractivity contribution in [3.05, 3.63) is 28.2 Å². The molecule has 1 unspecified atom stereocenters. The highest BCUT2D eigenvalue weighted by Crippen LogP contribution is 2.26. The highest BCUT2D eigenvalue weighted by molar-refractivity contribution is 9.10. The fourth-order valence-corrected chi connectivity index (χ4v) is 2.53. The fraction of sp³-hybridized carbons (Fsp3) is 0.538. The molecule has 2 rings (SSSR count). The first-order chi connectivity index (χ1) is 7.96. The first-order valence-corrected chi connectivity index (χ1v) is 6.60. The lowest BCUT2D eigenvalue weighted by Crippen LogP contribution is -2.30. The van der Waals surface area contributed by atoms with Crippen molar-refractivity contribution in [1.82, 2.24) is 5.32 Å². The van der Waals surface area contributed by atoms with E-state index in [2.05, 4.69) is 35.1 Å². The van der Waals surface area contributed by atoms with Crippen LogP contribution in [0.2, 0.25) is 0 Å². The third-order valence-corrected chi connectivity index (χ3v) is 3.53. The van der Waals surface area contributed by atoms with E-state index in [0.717, 1.165) is 23.1 Å². The summed E-state index contributed by atoms with van der Waals surface area (Å²) in [6.07, 6.45) is 1.00. The lowest BCUT2D eigenvalue weighted by atomic mass is 10.0. The zero-order valence-corrected chi connectivity index (χ0v) is 11.8. The van der Waals surface area contributed by atoms with Gasteiger partial charge in [-0.1, -0.05) is 15.9 Å². The lowest BCUT2D eigenvalue weighted by Gasteiger charge is -2.16. The summed E-state index contributed by atoms with van der Waals surface area (Å²) in [5, 5.41) is 13.1. The maximum absolute atomic E-state index is 9.72. The molecule has 1 fully saturated rings. The molecule has 1 aliphatic heterocycles. The van der Waals surface area contributed by atoms with Crippen LogP contribution in [-0.4, -0.2) is 23.4 Å². The van der Waals surface area contributed by atoms with Crippen molar-refractivity contribution in [2.75, 3.05) is 6.61 Å². The summed E-state index contributed by atoms with van der Waals surface area (Å²) in [4.78, 5) is 0. The molecule has 94 valence electrons. The molecule has 3 nitrogen and oxygen atoms in total. The number of ether oxygens (including phenoxy) is 1. The summed E-state index contributed by atoms with van der Waals surface area (Å²) in [5.74, 6) is 0.332. The van der Waals surface area contributed by atoms with Crippen LogP contribution in [0, 0.1) is 0 Å². The van der Waals surface area contributed by atoms with Gasteiger partial charge >= 0.3 is 0 Å². The molecule has 1 aromatic rings. The highest BCUT2D eigenvalue weighted by Gasteiger charge is 2.31. The molecular weight excluding hydrogens is 282 g/mol. The zero-order valence-electron chi connectivity index (χ0n) is 10.2. The third-order valence-electron chi connectivity index (χ3n) is 3.04. The van der Waals surface area contributed by atoms with Gasteiger partial charge in [-0.25, -0.2) is 0 Å². The predicted octanol–water partition coefficient (Wildman–Crippen LogP) is 2.81. The van der Waals surface area contributed by atoms with Crippen LogP contribution in [0.15, 0.2) is 22.7 Å². The molecule has 17 heavy (non-hydrogen) atoms. The molecule has 2 N–H and O–H groups in total. The number of benzene rings is 1. The van der Waals surface area contributed by atoms with E-state index in [9.17, 15) is 5.11 Å². The minimum atomic E-state index is -0.0308. The van der Waals surface area contributed by atoms with Gasteiger partial charge in [0, 0.05) is 22.6 Å². The van der Waals surface area contributed by atoms with Crippen molar-refractivity contribution >= 4 is 15.9 Å². The molecule has 4 heteroatoms. The quantitative estimate of drug-likeness (QED) is 0.902. The molecule has 0 amide bonds. The van der Waals surface area contributed by atoms with E-state index in [1.807, 2.05) is 12.1 Å². The molecule has 1 heterocycles. The summed E-state index contributed by atoms with van der Waals surface area (Å²) in [7, 11) is 0. The first-order valence-electron chi connectivity index (χ1n) is 5.81. The van der Waals surface area contributed by atoms with E-state index < -0.39 is 0 Å². The van der Waals surface area contributed by atoms with Gasteiger partial charge in [0.05, 0.1) is 12.2 Å². The Balaban J connectivity index is 1.92. The van der Waals surface area contributed by atoms with Gasteiger partial charge < -0.3 is 15.2 Å². The Morgan fingerprint density at radius 2 is 2.29 bits per heavy atom. The smallest absolute Gasteiger partial charge is 0.120 e. The summed E-state index contributed by atoms with van der Waals surface area (Å²) in [6.45, 7) is 5.60. The molecular formula is C13H18BrNO2. The van der Waals surface area contributed by atoms with Gasteiger partial charge in [-0.05, 0) is 38.5 Å². The number of phenols is 1. The highest BCUT2D eigenvalue weighted by atomic mass is 79.9. The van der Waals surface area contributed by atoms with Gasteiger partial charge in [0.25, 0.3) is 0 Å². The first kappa shape index (κ1) is 12.9. The second kappa shape index (κ2) is 4.96. The van der Waals surface area contributed by atoms with Crippen LogP contribution in [0.5, 0.6) is 5.75 Å². The van der Waals surface area contributed by atoms with Crippen molar-refractivity contribution in [2.45, 2.75) is 38.5 Å². The summed E-state index contributed by atoms with van der Waals surface area (Å²) < 4.78 is 6.64. The van der Waals surface area contributed by atoms with Crippen LogP contribution in [0.4, 0.5) is 0 Å². The number of rotatable bonds is 3. The largest absolute Gasteiger partial charge is 0.508 e. The number of halogens is 1. The minimum absolute atomic E-state index is 0.0308. The van der Waals surface area contributed by atoms with Gasteiger partial charge in [-0.2, -0.15) is 0 Å². The third kappa shape index (κ3) is 3.44. The van der Waals surface area contributed by atoms with Crippen LogP contribution in [-0.2, 0) is 11.3 Å². The number of aromatic hydroxyl groups is 1. The molecule has 1 atom stereocenters. The number of hydrogen-bond acceptors (Lipinski definition) is 3. The summed E-state index contributed by atoms with van der Waals surface area (Å²) in [6, 6.07) is 5.84. The fourth-order valence-electron chi connectivity index (χ4n) is 2.12. The Kier molecular flexibility index (Phi) is 3.76. The standard InChI is InChI=1S/C13H18BrNO2/c1-13(2)6-11(8-17-13)15-7-9-5-10(14)3-4-12(9)16/h3-5,11,15-16H,6-8H2,1-2H3. The Labute approximate surface area is 110 Å². The normalized spacial score (nSPS) is 22.9. The van der Waals surface area contributed by atoms with E-state index in [1.165, 1.54) is 0 Å². The average molecular weight is 300 g/mol. The number of hydrogen-bond donors (Lipinski definition) is 2. The molecule has 0 aliphatic carbocycles.